The molecule has 0 aliphatic carbocycles. The van der Waals surface area contributed by atoms with E-state index in [1.807, 2.05) is 19.9 Å². The van der Waals surface area contributed by atoms with Crippen LogP contribution in [0.3, 0.4) is 0 Å². The lowest BCUT2D eigenvalue weighted by Gasteiger charge is -2.16. The summed E-state index contributed by atoms with van der Waals surface area (Å²) >= 11 is 0. The molecule has 5 N–H and O–H groups in total. The van der Waals surface area contributed by atoms with Crippen LogP contribution >= 0.6 is 15.2 Å². The maximum atomic E-state index is 11.4. The van der Waals surface area contributed by atoms with Crippen molar-refractivity contribution in [2.24, 2.45) is 0 Å². The predicted octanol–water partition coefficient (Wildman–Crippen LogP) is 3.66. The Kier molecular flexibility index (Phi) is 6.46. The van der Waals surface area contributed by atoms with Crippen LogP contribution in [-0.4, -0.2) is 19.6 Å². The average Bonchev–Trinajstić information content (AvgIpc) is 2.47. The van der Waals surface area contributed by atoms with Crippen LogP contribution in [0.2, 0.25) is 0 Å². The fraction of sp³-hybridized carbons (Fsp3) is 0.294. The molecule has 0 atom stereocenters. The van der Waals surface area contributed by atoms with Crippen LogP contribution in [-0.2, 0) is 27.9 Å². The van der Waals surface area contributed by atoms with Gasteiger partial charge in [-0.3, -0.25) is 9.13 Å². The zero-order valence-corrected chi connectivity index (χ0v) is 16.4. The van der Waals surface area contributed by atoms with Gasteiger partial charge in [0.2, 0.25) is 0 Å². The van der Waals surface area contributed by atoms with Crippen molar-refractivity contribution in [2.45, 2.75) is 32.6 Å². The van der Waals surface area contributed by atoms with E-state index in [-0.39, 0.29) is 12.3 Å². The van der Waals surface area contributed by atoms with Crippen molar-refractivity contribution < 1.29 is 28.7 Å². The number of benzene rings is 2. The summed E-state index contributed by atoms with van der Waals surface area (Å²) in [5.41, 5.74) is 3.90. The van der Waals surface area contributed by atoms with Crippen molar-refractivity contribution in [1.82, 2.24) is 0 Å². The number of aryl methyl sites for hydroxylation is 2. The second-order valence-corrected chi connectivity index (χ2v) is 9.56. The number of hydrogen-bond donors (Lipinski definition) is 5. The molecule has 0 spiro atoms. The minimum Gasteiger partial charge on any atom is -0.355 e. The summed E-state index contributed by atoms with van der Waals surface area (Å²) in [5.74, 6) is 0. The van der Waals surface area contributed by atoms with Crippen LogP contribution in [0.1, 0.15) is 29.2 Å². The molecular weight excluding hydrogens is 376 g/mol. The Labute approximate surface area is 152 Å². The standard InChI is InChI=1S/C17H23NO6P2/c1-3-13-5-6-16(9-14(13)10-25(19,20)21)18-17-7-4-12(2)8-15(17)11-26(22,23)24/h4-9,18H,3,10-11H2,1-2H3,(H2,19,20,21)(H2,22,23,24). The van der Waals surface area contributed by atoms with Crippen LogP contribution in [0.4, 0.5) is 11.4 Å². The van der Waals surface area contributed by atoms with Crippen LogP contribution < -0.4 is 5.32 Å². The normalized spacial score (nSPS) is 12.2. The second-order valence-electron chi connectivity index (χ2n) is 6.27. The third-order valence-corrected chi connectivity index (χ3v) is 5.38. The van der Waals surface area contributed by atoms with Crippen molar-refractivity contribution in [2.75, 3.05) is 5.32 Å². The lowest BCUT2D eigenvalue weighted by molar-refractivity contribution is 0.369. The molecule has 0 amide bonds. The molecule has 2 aromatic carbocycles. The zero-order valence-electron chi connectivity index (χ0n) is 14.6. The average molecular weight is 399 g/mol. The van der Waals surface area contributed by atoms with E-state index < -0.39 is 15.2 Å². The molecule has 0 unspecified atom stereocenters. The number of rotatable bonds is 7. The number of anilines is 2. The van der Waals surface area contributed by atoms with Gasteiger partial charge in [0.1, 0.15) is 0 Å². The Balaban J connectivity index is 2.38. The van der Waals surface area contributed by atoms with E-state index in [1.54, 1.807) is 30.3 Å². The summed E-state index contributed by atoms with van der Waals surface area (Å²) in [5, 5.41) is 3.10. The van der Waals surface area contributed by atoms with Crippen molar-refractivity contribution in [3.8, 4) is 0 Å². The van der Waals surface area contributed by atoms with E-state index in [0.717, 1.165) is 11.1 Å². The first kappa shape index (κ1) is 20.8. The number of hydrogen-bond acceptors (Lipinski definition) is 3. The summed E-state index contributed by atoms with van der Waals surface area (Å²) < 4.78 is 22.8. The molecule has 0 aliphatic rings. The molecule has 0 aliphatic heterocycles. The SMILES string of the molecule is CCc1ccc(Nc2ccc(C)cc2CP(=O)(O)O)cc1CP(=O)(O)O. The van der Waals surface area contributed by atoms with Gasteiger partial charge < -0.3 is 24.9 Å². The van der Waals surface area contributed by atoms with Crippen molar-refractivity contribution >= 4 is 26.6 Å². The van der Waals surface area contributed by atoms with Gasteiger partial charge in [-0.1, -0.05) is 30.7 Å². The maximum Gasteiger partial charge on any atom is 0.329 e. The summed E-state index contributed by atoms with van der Waals surface area (Å²) in [4.78, 5) is 37.1. The molecular formula is C17H23NO6P2. The molecule has 9 heteroatoms. The second kappa shape index (κ2) is 8.05. The first-order valence-corrected chi connectivity index (χ1v) is 11.6. The monoisotopic (exact) mass is 399 g/mol. The Hall–Kier alpha value is -1.46. The van der Waals surface area contributed by atoms with E-state index in [0.29, 0.717) is 28.9 Å². The van der Waals surface area contributed by atoms with Gasteiger partial charge in [0.15, 0.2) is 0 Å². The highest BCUT2D eigenvalue weighted by atomic mass is 31.2. The molecule has 7 nitrogen and oxygen atoms in total. The van der Waals surface area contributed by atoms with Crippen molar-refractivity contribution in [3.63, 3.8) is 0 Å². The molecule has 2 aromatic rings. The van der Waals surface area contributed by atoms with Crippen LogP contribution in [0.5, 0.6) is 0 Å². The highest BCUT2D eigenvalue weighted by Gasteiger charge is 2.19. The van der Waals surface area contributed by atoms with Gasteiger partial charge in [-0.15, -0.1) is 0 Å². The van der Waals surface area contributed by atoms with Gasteiger partial charge in [0.25, 0.3) is 0 Å². The summed E-state index contributed by atoms with van der Waals surface area (Å²) in [6.45, 7) is 3.74. The minimum absolute atomic E-state index is 0.352. The molecule has 0 aromatic heterocycles. The van der Waals surface area contributed by atoms with Gasteiger partial charge in [-0.25, -0.2) is 0 Å². The predicted molar refractivity (Wildman–Crippen MR) is 102 cm³/mol. The highest BCUT2D eigenvalue weighted by molar-refractivity contribution is 7.51. The lowest BCUT2D eigenvalue weighted by atomic mass is 10.0. The molecule has 0 bridgehead atoms. The van der Waals surface area contributed by atoms with Crippen LogP contribution in [0, 0.1) is 6.92 Å². The van der Waals surface area contributed by atoms with Gasteiger partial charge in [0.05, 0.1) is 12.3 Å². The summed E-state index contributed by atoms with van der Waals surface area (Å²) in [7, 11) is -8.44. The van der Waals surface area contributed by atoms with Crippen LogP contribution in [0.15, 0.2) is 36.4 Å². The van der Waals surface area contributed by atoms with Gasteiger partial charge in [-0.05, 0) is 48.2 Å². The zero-order chi connectivity index (χ0) is 19.5. The molecule has 2 rings (SSSR count). The minimum atomic E-state index is -4.23. The largest absolute Gasteiger partial charge is 0.355 e. The topological polar surface area (TPSA) is 127 Å². The molecule has 26 heavy (non-hydrogen) atoms. The highest BCUT2D eigenvalue weighted by Crippen LogP contribution is 2.43. The van der Waals surface area contributed by atoms with Gasteiger partial charge >= 0.3 is 15.2 Å². The smallest absolute Gasteiger partial charge is 0.329 e. The maximum absolute atomic E-state index is 11.4. The molecule has 0 radical (unpaired) electrons. The Morgan fingerprint density at radius 1 is 0.846 bits per heavy atom. The van der Waals surface area contributed by atoms with Gasteiger partial charge in [-0.2, -0.15) is 0 Å². The Morgan fingerprint density at radius 2 is 1.46 bits per heavy atom. The first-order valence-electron chi connectivity index (χ1n) is 8.04. The summed E-state index contributed by atoms with van der Waals surface area (Å²) in [6.07, 6.45) is -0.0993. The van der Waals surface area contributed by atoms with Crippen LogP contribution in [0.25, 0.3) is 0 Å². The molecule has 0 fully saturated rings. The van der Waals surface area contributed by atoms with E-state index in [1.165, 1.54) is 0 Å². The third kappa shape index (κ3) is 6.36. The van der Waals surface area contributed by atoms with Gasteiger partial charge in [0, 0.05) is 11.4 Å². The van der Waals surface area contributed by atoms with E-state index in [2.05, 4.69) is 5.32 Å². The van der Waals surface area contributed by atoms with Crippen molar-refractivity contribution in [1.29, 1.82) is 0 Å². The quantitative estimate of drug-likeness (QED) is 0.450. The lowest BCUT2D eigenvalue weighted by Crippen LogP contribution is -2.00. The van der Waals surface area contributed by atoms with E-state index in [9.17, 15) is 28.7 Å². The molecule has 0 saturated heterocycles. The first-order chi connectivity index (χ1) is 12.0. The van der Waals surface area contributed by atoms with E-state index in [4.69, 9.17) is 0 Å². The Bertz CT molecular complexity index is 887. The molecule has 142 valence electrons. The summed E-state index contributed by atoms with van der Waals surface area (Å²) in [6, 6.07) is 10.5. The molecule has 0 saturated carbocycles. The third-order valence-electron chi connectivity index (χ3n) is 3.88. The Morgan fingerprint density at radius 3 is 2.04 bits per heavy atom. The number of nitrogens with one attached hydrogen (secondary N) is 1. The van der Waals surface area contributed by atoms with E-state index >= 15 is 0 Å². The fourth-order valence-electron chi connectivity index (χ4n) is 2.77. The fourth-order valence-corrected chi connectivity index (χ4v) is 4.21. The molecule has 0 heterocycles. The van der Waals surface area contributed by atoms with Crippen molar-refractivity contribution in [3.05, 3.63) is 58.7 Å².